The maximum atomic E-state index is 13.9. The third kappa shape index (κ3) is 8.01. The van der Waals surface area contributed by atoms with Crippen LogP contribution in [-0.2, 0) is 35.7 Å². The highest BCUT2D eigenvalue weighted by Gasteiger charge is 2.35. The number of sulfonamides is 1. The molecule has 40 heavy (non-hydrogen) atoms. The number of fused-ring (bicyclic) bond motifs is 1. The Hall–Kier alpha value is -1.64. The van der Waals surface area contributed by atoms with Crippen molar-refractivity contribution in [2.45, 2.75) is 69.3 Å². The van der Waals surface area contributed by atoms with Crippen LogP contribution in [0.1, 0.15) is 49.4 Å². The van der Waals surface area contributed by atoms with Crippen molar-refractivity contribution in [3.8, 4) is 11.3 Å². The molecule has 0 radical (unpaired) electrons. The summed E-state index contributed by atoms with van der Waals surface area (Å²) in [5.74, 6) is 0.540. The van der Waals surface area contributed by atoms with Crippen LogP contribution >= 0.6 is 11.8 Å². The normalized spacial score (nSPS) is 18.1. The summed E-state index contributed by atoms with van der Waals surface area (Å²) in [6.07, 6.45) is 0.720. The molecule has 2 N–H and O–H groups in total. The highest BCUT2D eigenvalue weighted by atomic mass is 32.2. The second-order valence-electron chi connectivity index (χ2n) is 10.6. The van der Waals surface area contributed by atoms with Gasteiger partial charge in [0.1, 0.15) is 0 Å². The molecule has 2 aromatic rings. The summed E-state index contributed by atoms with van der Waals surface area (Å²) in [5, 5.41) is 18.5. The van der Waals surface area contributed by atoms with Crippen LogP contribution in [-0.4, -0.2) is 89.9 Å². The molecule has 13 heteroatoms. The lowest BCUT2D eigenvalue weighted by atomic mass is 10.0. The fourth-order valence-corrected chi connectivity index (χ4v) is 7.24. The molecule has 224 valence electrons. The molecule has 4 rings (SSSR count). The molecule has 1 aromatic heterocycles. The van der Waals surface area contributed by atoms with Crippen molar-refractivity contribution in [1.82, 2.24) is 24.3 Å². The van der Waals surface area contributed by atoms with E-state index in [4.69, 9.17) is 5.10 Å². The fraction of sp³-hybridized carbons (Fsp3) is 0.667. The number of nitrogens with zero attached hydrogens (tertiary/aromatic N) is 4. The van der Waals surface area contributed by atoms with E-state index in [1.807, 2.05) is 6.92 Å². The van der Waals surface area contributed by atoms with Gasteiger partial charge < -0.3 is 15.3 Å². The minimum Gasteiger partial charge on any atom is -0.390 e. The maximum Gasteiger partial charge on any atom is 0.417 e. The lowest BCUT2D eigenvalue weighted by Crippen LogP contribution is -2.36. The Morgan fingerprint density at radius 2 is 1.93 bits per heavy atom. The van der Waals surface area contributed by atoms with Gasteiger partial charge in [-0.15, -0.1) is 11.8 Å². The van der Waals surface area contributed by atoms with Crippen LogP contribution in [0.25, 0.3) is 11.3 Å². The second kappa shape index (κ2) is 13.6. The molecule has 3 heterocycles. The lowest BCUT2D eigenvalue weighted by Gasteiger charge is -2.26. The van der Waals surface area contributed by atoms with Crippen molar-refractivity contribution in [3.63, 3.8) is 0 Å². The second-order valence-corrected chi connectivity index (χ2v) is 13.7. The number of alkyl halides is 3. The highest BCUT2D eigenvalue weighted by Crippen LogP contribution is 2.40. The summed E-state index contributed by atoms with van der Waals surface area (Å²) < 4.78 is 69.6. The zero-order valence-corrected chi connectivity index (χ0v) is 24.8. The Morgan fingerprint density at radius 3 is 2.60 bits per heavy atom. The molecule has 0 bridgehead atoms. The van der Waals surface area contributed by atoms with Crippen LogP contribution in [0.4, 0.5) is 13.2 Å². The van der Waals surface area contributed by atoms with E-state index >= 15 is 0 Å². The van der Waals surface area contributed by atoms with Gasteiger partial charge in [-0.3, -0.25) is 4.68 Å². The van der Waals surface area contributed by atoms with E-state index in [2.05, 4.69) is 10.2 Å². The van der Waals surface area contributed by atoms with E-state index in [9.17, 15) is 26.7 Å². The standard InChI is InChI=1S/C27H40F3N5O3S2/c1-3-10-31-17-21(36)18-35-24-9-13-34(40(2,37)38)19-22(24)26(32-35)20-7-8-23(27(28,29)30)25(16-20)39-15-14-33-11-5-4-6-12-33/h7-8,16,21,31,36H,3-6,9-15,17-19H2,1-2H3. The largest absolute Gasteiger partial charge is 0.417 e. The molecule has 2 aliphatic rings. The fourth-order valence-electron chi connectivity index (χ4n) is 5.33. The van der Waals surface area contributed by atoms with Crippen LogP contribution in [0.3, 0.4) is 0 Å². The van der Waals surface area contributed by atoms with E-state index in [0.29, 0.717) is 35.5 Å². The van der Waals surface area contributed by atoms with Crippen LogP contribution in [0, 0.1) is 0 Å². The molecule has 0 spiro atoms. The minimum atomic E-state index is -4.49. The average molecular weight is 604 g/mol. The number of aromatic nitrogens is 2. The molecular weight excluding hydrogens is 563 g/mol. The summed E-state index contributed by atoms with van der Waals surface area (Å²) in [7, 11) is -3.47. The smallest absolute Gasteiger partial charge is 0.390 e. The van der Waals surface area contributed by atoms with Gasteiger partial charge in [-0.05, 0) is 51.0 Å². The van der Waals surface area contributed by atoms with Gasteiger partial charge in [0.05, 0.1) is 30.2 Å². The molecule has 1 unspecified atom stereocenters. The first-order chi connectivity index (χ1) is 19.0. The number of hydrogen-bond donors (Lipinski definition) is 2. The van der Waals surface area contributed by atoms with Gasteiger partial charge in [-0.2, -0.15) is 22.6 Å². The zero-order valence-electron chi connectivity index (χ0n) is 23.2. The molecule has 1 fully saturated rings. The van der Waals surface area contributed by atoms with E-state index in [1.54, 1.807) is 4.68 Å². The Morgan fingerprint density at radius 1 is 1.18 bits per heavy atom. The average Bonchev–Trinajstić information content (AvgIpc) is 3.26. The number of likely N-dealkylation sites (tertiary alicyclic amines) is 1. The number of rotatable bonds is 12. The highest BCUT2D eigenvalue weighted by molar-refractivity contribution is 7.99. The zero-order chi connectivity index (χ0) is 28.9. The quantitative estimate of drug-likeness (QED) is 0.282. The number of thioether (sulfide) groups is 1. The van der Waals surface area contributed by atoms with Crippen LogP contribution < -0.4 is 5.32 Å². The number of halogens is 3. The third-order valence-corrected chi connectivity index (χ3v) is 9.72. The first-order valence-electron chi connectivity index (χ1n) is 14.0. The molecule has 1 atom stereocenters. The monoisotopic (exact) mass is 603 g/mol. The Balaban J connectivity index is 1.65. The Kier molecular flexibility index (Phi) is 10.6. The van der Waals surface area contributed by atoms with Crippen molar-refractivity contribution in [3.05, 3.63) is 35.0 Å². The van der Waals surface area contributed by atoms with Crippen molar-refractivity contribution < 1.29 is 26.7 Å². The summed E-state index contributed by atoms with van der Waals surface area (Å²) >= 11 is 1.20. The number of nitrogens with one attached hydrogen (secondary N) is 1. The SMILES string of the molecule is CCCNCC(O)Cn1nc(-c2ccc(C(F)(F)F)c(SCCN3CCCCC3)c2)c2c1CCN(S(C)(=O)=O)C2. The van der Waals surface area contributed by atoms with E-state index < -0.39 is 27.9 Å². The maximum absolute atomic E-state index is 13.9. The number of hydrogen-bond acceptors (Lipinski definition) is 7. The number of piperidine rings is 1. The first kappa shape index (κ1) is 31.3. The Labute approximate surface area is 239 Å². The molecule has 0 amide bonds. The first-order valence-corrected chi connectivity index (χ1v) is 16.8. The summed E-state index contributed by atoms with van der Waals surface area (Å²) in [4.78, 5) is 2.44. The number of benzene rings is 1. The van der Waals surface area contributed by atoms with Gasteiger partial charge in [-0.25, -0.2) is 8.42 Å². The van der Waals surface area contributed by atoms with Crippen molar-refractivity contribution in [1.29, 1.82) is 0 Å². The third-order valence-electron chi connectivity index (χ3n) is 7.43. The number of aliphatic hydroxyl groups excluding tert-OH is 1. The van der Waals surface area contributed by atoms with Crippen LogP contribution in [0.15, 0.2) is 23.1 Å². The number of aliphatic hydroxyl groups is 1. The van der Waals surface area contributed by atoms with Gasteiger partial charge in [0.2, 0.25) is 10.0 Å². The van der Waals surface area contributed by atoms with Gasteiger partial charge in [0.25, 0.3) is 0 Å². The molecule has 2 aliphatic heterocycles. The molecule has 1 aromatic carbocycles. The van der Waals surface area contributed by atoms with Gasteiger partial charge in [-0.1, -0.05) is 19.4 Å². The summed E-state index contributed by atoms with van der Waals surface area (Å²) in [5.41, 5.74) is 1.78. The van der Waals surface area contributed by atoms with Crippen molar-refractivity contribution >= 4 is 21.8 Å². The predicted octanol–water partition coefficient (Wildman–Crippen LogP) is 3.83. The van der Waals surface area contributed by atoms with Gasteiger partial charge >= 0.3 is 6.18 Å². The molecular formula is C27H40F3N5O3S2. The molecule has 0 aliphatic carbocycles. The minimum absolute atomic E-state index is 0.0894. The van der Waals surface area contributed by atoms with Crippen LogP contribution in [0.5, 0.6) is 0 Å². The van der Waals surface area contributed by atoms with Gasteiger partial charge in [0, 0.05) is 60.1 Å². The Bertz CT molecular complexity index is 1250. The van der Waals surface area contributed by atoms with Crippen LogP contribution in [0.2, 0.25) is 0 Å². The van der Waals surface area contributed by atoms with E-state index in [-0.39, 0.29) is 24.5 Å². The van der Waals surface area contributed by atoms with Crippen molar-refractivity contribution in [2.75, 3.05) is 51.3 Å². The summed E-state index contributed by atoms with van der Waals surface area (Å²) in [6, 6.07) is 4.06. The molecule has 8 nitrogen and oxygen atoms in total. The van der Waals surface area contributed by atoms with Gasteiger partial charge in [0.15, 0.2) is 0 Å². The lowest BCUT2D eigenvalue weighted by molar-refractivity contribution is -0.139. The van der Waals surface area contributed by atoms with Crippen molar-refractivity contribution in [2.24, 2.45) is 0 Å². The predicted molar refractivity (Wildman–Crippen MR) is 152 cm³/mol. The molecule has 0 saturated carbocycles. The topological polar surface area (TPSA) is 90.7 Å². The van der Waals surface area contributed by atoms with E-state index in [0.717, 1.165) is 63.5 Å². The van der Waals surface area contributed by atoms with E-state index in [1.165, 1.54) is 34.6 Å². The summed E-state index contributed by atoms with van der Waals surface area (Å²) in [6.45, 7) is 6.45. The molecule has 1 saturated heterocycles.